The van der Waals surface area contributed by atoms with E-state index in [4.69, 9.17) is 5.26 Å². The van der Waals surface area contributed by atoms with E-state index in [0.29, 0.717) is 5.56 Å². The van der Waals surface area contributed by atoms with Crippen molar-refractivity contribution in [2.75, 3.05) is 18.1 Å². The summed E-state index contributed by atoms with van der Waals surface area (Å²) in [6.45, 7) is 2.07. The van der Waals surface area contributed by atoms with Crippen LogP contribution in [0, 0.1) is 17.1 Å². The van der Waals surface area contributed by atoms with Gasteiger partial charge < -0.3 is 5.32 Å². The minimum absolute atomic E-state index is 0.00419. The van der Waals surface area contributed by atoms with Crippen LogP contribution in [0.4, 0.5) is 4.39 Å². The molecule has 0 aromatic heterocycles. The van der Waals surface area contributed by atoms with Crippen molar-refractivity contribution in [3.8, 4) is 6.07 Å². The van der Waals surface area contributed by atoms with Crippen molar-refractivity contribution >= 4 is 9.84 Å². The lowest BCUT2D eigenvalue weighted by molar-refractivity contribution is 0.581. The standard InChI is InChI=1S/C12H15FN2O2S/c1-2-18(16,17)7-6-15-9-11-5-3-4-10(8-14)12(11)13/h3-5,15H,2,6-7,9H2,1H3. The summed E-state index contributed by atoms with van der Waals surface area (Å²) in [5, 5.41) is 11.5. The summed E-state index contributed by atoms with van der Waals surface area (Å²) < 4.78 is 36.1. The SMILES string of the molecule is CCS(=O)(=O)CCNCc1cccc(C#N)c1F. The maximum atomic E-state index is 13.6. The summed E-state index contributed by atoms with van der Waals surface area (Å²) in [5.74, 6) is -0.415. The Balaban J connectivity index is 2.53. The number of hydrogen-bond donors (Lipinski definition) is 1. The van der Waals surface area contributed by atoms with E-state index in [1.165, 1.54) is 6.07 Å². The van der Waals surface area contributed by atoms with Crippen LogP contribution in [-0.4, -0.2) is 26.5 Å². The first-order valence-electron chi connectivity index (χ1n) is 5.59. The van der Waals surface area contributed by atoms with Gasteiger partial charge in [-0.05, 0) is 6.07 Å². The highest BCUT2D eigenvalue weighted by atomic mass is 32.2. The number of hydrogen-bond acceptors (Lipinski definition) is 4. The van der Waals surface area contributed by atoms with Crippen LogP contribution in [0.2, 0.25) is 0 Å². The molecule has 0 amide bonds. The third kappa shape index (κ3) is 4.09. The van der Waals surface area contributed by atoms with Crippen molar-refractivity contribution in [1.82, 2.24) is 5.32 Å². The highest BCUT2D eigenvalue weighted by Gasteiger charge is 2.09. The van der Waals surface area contributed by atoms with E-state index in [1.54, 1.807) is 25.1 Å². The average molecular weight is 270 g/mol. The van der Waals surface area contributed by atoms with Gasteiger partial charge >= 0.3 is 0 Å². The summed E-state index contributed by atoms with van der Waals surface area (Å²) >= 11 is 0. The van der Waals surface area contributed by atoms with Gasteiger partial charge in [-0.25, -0.2) is 12.8 Å². The summed E-state index contributed by atoms with van der Waals surface area (Å²) in [7, 11) is -3.01. The molecule has 1 aromatic carbocycles. The van der Waals surface area contributed by atoms with Gasteiger partial charge in [0, 0.05) is 24.4 Å². The van der Waals surface area contributed by atoms with Crippen LogP contribution in [0.5, 0.6) is 0 Å². The van der Waals surface area contributed by atoms with Crippen LogP contribution in [0.15, 0.2) is 18.2 Å². The smallest absolute Gasteiger partial charge is 0.151 e. The number of nitrogens with one attached hydrogen (secondary N) is 1. The minimum atomic E-state index is -3.01. The van der Waals surface area contributed by atoms with Crippen LogP contribution in [0.25, 0.3) is 0 Å². The fraction of sp³-hybridized carbons (Fsp3) is 0.417. The number of sulfone groups is 1. The molecule has 4 nitrogen and oxygen atoms in total. The molecule has 1 aromatic rings. The Morgan fingerprint density at radius 3 is 2.78 bits per heavy atom. The van der Waals surface area contributed by atoms with E-state index in [0.717, 1.165) is 0 Å². The van der Waals surface area contributed by atoms with Crippen molar-refractivity contribution in [2.24, 2.45) is 0 Å². The molecule has 0 aliphatic carbocycles. The molecule has 0 spiro atoms. The molecule has 0 aliphatic rings. The highest BCUT2D eigenvalue weighted by Crippen LogP contribution is 2.11. The lowest BCUT2D eigenvalue weighted by Gasteiger charge is -2.06. The third-order valence-electron chi connectivity index (χ3n) is 2.54. The Bertz CT molecular complexity index is 550. The molecule has 1 N–H and O–H groups in total. The molecule has 0 heterocycles. The molecule has 0 saturated heterocycles. The first kappa shape index (κ1) is 14.6. The minimum Gasteiger partial charge on any atom is -0.312 e. The topological polar surface area (TPSA) is 70.0 Å². The van der Waals surface area contributed by atoms with E-state index < -0.39 is 15.7 Å². The lowest BCUT2D eigenvalue weighted by atomic mass is 10.1. The first-order chi connectivity index (χ1) is 8.50. The maximum Gasteiger partial charge on any atom is 0.151 e. The molecular weight excluding hydrogens is 255 g/mol. The zero-order valence-electron chi connectivity index (χ0n) is 10.1. The van der Waals surface area contributed by atoms with Crippen molar-refractivity contribution in [2.45, 2.75) is 13.5 Å². The molecule has 18 heavy (non-hydrogen) atoms. The quantitative estimate of drug-likeness (QED) is 0.789. The van der Waals surface area contributed by atoms with Crippen LogP contribution >= 0.6 is 0 Å². The first-order valence-corrected chi connectivity index (χ1v) is 7.41. The van der Waals surface area contributed by atoms with Crippen LogP contribution in [0.1, 0.15) is 18.1 Å². The van der Waals surface area contributed by atoms with E-state index in [2.05, 4.69) is 5.32 Å². The Labute approximate surface area is 106 Å². The lowest BCUT2D eigenvalue weighted by Crippen LogP contribution is -2.24. The zero-order valence-corrected chi connectivity index (χ0v) is 10.9. The van der Waals surface area contributed by atoms with Gasteiger partial charge in [-0.15, -0.1) is 0 Å². The number of halogens is 1. The molecule has 6 heteroatoms. The van der Waals surface area contributed by atoms with E-state index in [1.807, 2.05) is 0 Å². The Morgan fingerprint density at radius 1 is 1.44 bits per heavy atom. The average Bonchev–Trinajstić information content (AvgIpc) is 2.36. The Hall–Kier alpha value is -1.45. The second-order valence-electron chi connectivity index (χ2n) is 3.80. The number of nitrogens with zero attached hydrogens (tertiary/aromatic N) is 1. The van der Waals surface area contributed by atoms with E-state index in [9.17, 15) is 12.8 Å². The number of rotatable bonds is 6. The third-order valence-corrected chi connectivity index (χ3v) is 4.25. The zero-order chi connectivity index (χ0) is 13.6. The van der Waals surface area contributed by atoms with Gasteiger partial charge in [0.15, 0.2) is 9.84 Å². The number of nitriles is 1. The van der Waals surface area contributed by atoms with Gasteiger partial charge in [-0.3, -0.25) is 0 Å². The molecule has 98 valence electrons. The van der Waals surface area contributed by atoms with Gasteiger partial charge in [0.25, 0.3) is 0 Å². The maximum absolute atomic E-state index is 13.6. The second-order valence-corrected chi connectivity index (χ2v) is 6.28. The van der Waals surface area contributed by atoms with Gasteiger partial charge in [0.2, 0.25) is 0 Å². The van der Waals surface area contributed by atoms with Crippen molar-refractivity contribution in [3.05, 3.63) is 35.1 Å². The van der Waals surface area contributed by atoms with Gasteiger partial charge in [-0.1, -0.05) is 19.1 Å². The molecule has 0 atom stereocenters. The van der Waals surface area contributed by atoms with Gasteiger partial charge in [0.05, 0.1) is 11.3 Å². The van der Waals surface area contributed by atoms with E-state index >= 15 is 0 Å². The van der Waals surface area contributed by atoms with Crippen LogP contribution < -0.4 is 5.32 Å². The fourth-order valence-electron chi connectivity index (χ4n) is 1.40. The predicted octanol–water partition coefficient (Wildman–Crippen LogP) is 1.22. The Kier molecular flexibility index (Phi) is 5.25. The van der Waals surface area contributed by atoms with Gasteiger partial charge in [-0.2, -0.15) is 5.26 Å². The Morgan fingerprint density at radius 2 is 2.17 bits per heavy atom. The van der Waals surface area contributed by atoms with Crippen molar-refractivity contribution in [3.63, 3.8) is 0 Å². The summed E-state index contributed by atoms with van der Waals surface area (Å²) in [6.07, 6.45) is 0. The molecule has 0 aliphatic heterocycles. The fourth-order valence-corrected chi connectivity index (χ4v) is 2.14. The summed E-state index contributed by atoms with van der Waals surface area (Å²) in [5.41, 5.74) is 0.360. The van der Waals surface area contributed by atoms with Gasteiger partial charge in [0.1, 0.15) is 11.9 Å². The normalized spacial score (nSPS) is 11.2. The highest BCUT2D eigenvalue weighted by molar-refractivity contribution is 7.91. The van der Waals surface area contributed by atoms with Crippen molar-refractivity contribution in [1.29, 1.82) is 5.26 Å². The van der Waals surface area contributed by atoms with Crippen LogP contribution in [-0.2, 0) is 16.4 Å². The largest absolute Gasteiger partial charge is 0.312 e. The molecule has 0 saturated carbocycles. The number of benzene rings is 1. The predicted molar refractivity (Wildman–Crippen MR) is 67.1 cm³/mol. The molecule has 0 radical (unpaired) electrons. The van der Waals surface area contributed by atoms with Crippen LogP contribution in [0.3, 0.4) is 0 Å². The molecule has 0 bridgehead atoms. The van der Waals surface area contributed by atoms with Crippen molar-refractivity contribution < 1.29 is 12.8 Å². The molecule has 0 unspecified atom stereocenters. The molecular formula is C12H15FN2O2S. The second kappa shape index (κ2) is 6.47. The molecule has 1 rings (SSSR count). The summed E-state index contributed by atoms with van der Waals surface area (Å²) in [4.78, 5) is 0. The summed E-state index contributed by atoms with van der Waals surface area (Å²) in [6, 6.07) is 6.33. The molecule has 0 fully saturated rings. The van der Waals surface area contributed by atoms with E-state index in [-0.39, 0.29) is 30.2 Å². The monoisotopic (exact) mass is 270 g/mol.